The molecular weight excluding hydrogens is 419 g/mol. The molecule has 0 atom stereocenters. The zero-order chi connectivity index (χ0) is 21.5. The molecule has 0 saturated carbocycles. The van der Waals surface area contributed by atoms with Crippen molar-refractivity contribution in [3.63, 3.8) is 0 Å². The van der Waals surface area contributed by atoms with Crippen LogP contribution >= 0.6 is 11.3 Å². The smallest absolute Gasteiger partial charge is 0.417 e. The summed E-state index contributed by atoms with van der Waals surface area (Å²) in [5.74, 6) is -0.934. The molecule has 3 heterocycles. The average molecular weight is 431 g/mol. The third kappa shape index (κ3) is 3.69. The molecule has 0 spiro atoms. The van der Waals surface area contributed by atoms with Crippen LogP contribution in [-0.2, 0) is 6.18 Å². The van der Waals surface area contributed by atoms with E-state index in [-0.39, 0.29) is 22.3 Å². The quantitative estimate of drug-likeness (QED) is 0.499. The largest absolute Gasteiger partial charge is 0.455 e. The number of rotatable bonds is 3. The van der Waals surface area contributed by atoms with Crippen molar-refractivity contribution in [2.75, 3.05) is 5.32 Å². The summed E-state index contributed by atoms with van der Waals surface area (Å²) in [5, 5.41) is 3.02. The Balaban J connectivity index is 1.87. The van der Waals surface area contributed by atoms with E-state index >= 15 is 0 Å². The van der Waals surface area contributed by atoms with Crippen LogP contribution in [0.15, 0.2) is 58.1 Å². The number of aryl methyl sites for hydroxylation is 1. The number of para-hydroxylation sites is 1. The number of carbonyl (C=O) groups is 1. The number of hydrogen-bond acceptors (Lipinski definition) is 6. The molecule has 152 valence electrons. The Labute approximate surface area is 171 Å². The normalized spacial score (nSPS) is 11.6. The van der Waals surface area contributed by atoms with Gasteiger partial charge in [0.1, 0.15) is 5.76 Å². The van der Waals surface area contributed by atoms with E-state index in [9.17, 15) is 22.8 Å². The maximum atomic E-state index is 13.4. The number of nitrogens with one attached hydrogen (secondary N) is 1. The van der Waals surface area contributed by atoms with Gasteiger partial charge in [0, 0.05) is 35.1 Å². The van der Waals surface area contributed by atoms with Crippen molar-refractivity contribution in [1.29, 1.82) is 0 Å². The van der Waals surface area contributed by atoms with Gasteiger partial charge in [0.25, 0.3) is 5.91 Å². The second-order valence-electron chi connectivity index (χ2n) is 6.31. The molecule has 0 aliphatic carbocycles. The summed E-state index contributed by atoms with van der Waals surface area (Å²) in [6, 6.07) is 6.09. The second kappa shape index (κ2) is 7.38. The van der Waals surface area contributed by atoms with Gasteiger partial charge in [-0.15, -0.1) is 11.3 Å². The van der Waals surface area contributed by atoms with Gasteiger partial charge in [-0.1, -0.05) is 6.07 Å². The van der Waals surface area contributed by atoms with Gasteiger partial charge in [-0.3, -0.25) is 19.9 Å². The fraction of sp³-hybridized carbons (Fsp3) is 0.100. The predicted octanol–water partition coefficient (Wildman–Crippen LogP) is 4.89. The molecule has 0 aliphatic heterocycles. The molecular formula is C20H12F3N3O3S. The van der Waals surface area contributed by atoms with Crippen LogP contribution in [0.25, 0.3) is 22.3 Å². The molecule has 1 N–H and O–H groups in total. The van der Waals surface area contributed by atoms with Crippen molar-refractivity contribution >= 4 is 33.3 Å². The van der Waals surface area contributed by atoms with Gasteiger partial charge >= 0.3 is 6.18 Å². The molecule has 1 amide bonds. The molecule has 3 aromatic heterocycles. The van der Waals surface area contributed by atoms with E-state index < -0.39 is 28.6 Å². The number of carbonyl (C=O) groups excluding carboxylic acids is 1. The van der Waals surface area contributed by atoms with Crippen LogP contribution in [0.4, 0.5) is 18.3 Å². The summed E-state index contributed by atoms with van der Waals surface area (Å²) in [6.45, 7) is 1.82. The standard InChI is InChI=1S/C20H12F3N3O3S/c1-10-8-25-19(30-10)26-18(28)12-4-2-3-11-15(27)7-16(29-17(11)12)13-9-24-6-5-14(13)20(21,22)23/h2-9H,1H3,(H,25,26,28). The number of aromatic nitrogens is 2. The molecule has 0 bridgehead atoms. The summed E-state index contributed by atoms with van der Waals surface area (Å²) in [5.41, 5.74) is -2.10. The summed E-state index contributed by atoms with van der Waals surface area (Å²) < 4.78 is 45.8. The highest BCUT2D eigenvalue weighted by molar-refractivity contribution is 7.15. The highest BCUT2D eigenvalue weighted by atomic mass is 32.1. The van der Waals surface area contributed by atoms with Gasteiger partial charge in [0.05, 0.1) is 16.5 Å². The number of pyridine rings is 1. The monoisotopic (exact) mass is 431 g/mol. The Bertz CT molecular complexity index is 1330. The number of nitrogens with zero attached hydrogens (tertiary/aromatic N) is 2. The maximum absolute atomic E-state index is 13.4. The molecule has 30 heavy (non-hydrogen) atoms. The van der Waals surface area contributed by atoms with Crippen LogP contribution in [0.1, 0.15) is 20.8 Å². The van der Waals surface area contributed by atoms with Crippen molar-refractivity contribution in [2.24, 2.45) is 0 Å². The zero-order valence-corrected chi connectivity index (χ0v) is 16.1. The van der Waals surface area contributed by atoms with Gasteiger partial charge in [-0.05, 0) is 25.1 Å². The third-order valence-electron chi connectivity index (χ3n) is 4.23. The predicted molar refractivity (Wildman–Crippen MR) is 106 cm³/mol. The number of amides is 1. The molecule has 0 saturated heterocycles. The van der Waals surface area contributed by atoms with Crippen molar-refractivity contribution in [2.45, 2.75) is 13.1 Å². The first-order valence-corrected chi connectivity index (χ1v) is 9.38. The van der Waals surface area contributed by atoms with Crippen LogP contribution in [0, 0.1) is 6.92 Å². The molecule has 0 radical (unpaired) electrons. The SMILES string of the molecule is Cc1cnc(NC(=O)c2cccc3c(=O)cc(-c4cnccc4C(F)(F)F)oc23)s1. The highest BCUT2D eigenvalue weighted by Gasteiger charge is 2.34. The van der Waals surface area contributed by atoms with Crippen LogP contribution in [0.5, 0.6) is 0 Å². The molecule has 0 aliphatic rings. The lowest BCUT2D eigenvalue weighted by Gasteiger charge is -2.12. The van der Waals surface area contributed by atoms with Gasteiger partial charge in [-0.25, -0.2) is 4.98 Å². The van der Waals surface area contributed by atoms with Crippen molar-refractivity contribution in [1.82, 2.24) is 9.97 Å². The minimum Gasteiger partial charge on any atom is -0.455 e. The van der Waals surface area contributed by atoms with Gasteiger partial charge in [0.15, 0.2) is 16.1 Å². The van der Waals surface area contributed by atoms with Crippen LogP contribution in [0.3, 0.4) is 0 Å². The van der Waals surface area contributed by atoms with E-state index in [0.717, 1.165) is 29.4 Å². The van der Waals surface area contributed by atoms with E-state index in [4.69, 9.17) is 4.42 Å². The maximum Gasteiger partial charge on any atom is 0.417 e. The van der Waals surface area contributed by atoms with E-state index in [0.29, 0.717) is 5.13 Å². The lowest BCUT2D eigenvalue weighted by atomic mass is 10.1. The summed E-state index contributed by atoms with van der Waals surface area (Å²) in [7, 11) is 0. The molecule has 0 unspecified atom stereocenters. The number of hydrogen-bond donors (Lipinski definition) is 1. The average Bonchev–Trinajstić information content (AvgIpc) is 3.11. The number of alkyl halides is 3. The van der Waals surface area contributed by atoms with Gasteiger partial charge < -0.3 is 4.42 Å². The van der Waals surface area contributed by atoms with Crippen molar-refractivity contribution in [3.05, 3.63) is 75.1 Å². The molecule has 4 rings (SSSR count). The molecule has 10 heteroatoms. The minimum atomic E-state index is -4.68. The lowest BCUT2D eigenvalue weighted by molar-refractivity contribution is -0.137. The first-order chi connectivity index (χ1) is 14.2. The fourth-order valence-electron chi connectivity index (χ4n) is 2.90. The fourth-order valence-corrected chi connectivity index (χ4v) is 3.56. The minimum absolute atomic E-state index is 0.00301. The van der Waals surface area contributed by atoms with Gasteiger partial charge in [-0.2, -0.15) is 13.2 Å². The molecule has 0 fully saturated rings. The van der Waals surface area contributed by atoms with Crippen molar-refractivity contribution in [3.8, 4) is 11.3 Å². The number of halogens is 3. The Hall–Kier alpha value is -3.53. The third-order valence-corrected chi connectivity index (χ3v) is 5.06. The number of fused-ring (bicyclic) bond motifs is 1. The summed E-state index contributed by atoms with van der Waals surface area (Å²) >= 11 is 1.26. The first-order valence-electron chi connectivity index (χ1n) is 8.56. The van der Waals surface area contributed by atoms with Crippen LogP contribution in [-0.4, -0.2) is 15.9 Å². The Morgan fingerprint density at radius 3 is 2.70 bits per heavy atom. The number of thiazole rings is 1. The van der Waals surface area contributed by atoms with Gasteiger partial charge in [0.2, 0.25) is 0 Å². The van der Waals surface area contributed by atoms with E-state index in [1.165, 1.54) is 29.5 Å². The van der Waals surface area contributed by atoms with E-state index in [1.54, 1.807) is 6.20 Å². The zero-order valence-electron chi connectivity index (χ0n) is 15.3. The number of benzene rings is 1. The van der Waals surface area contributed by atoms with Crippen molar-refractivity contribution < 1.29 is 22.4 Å². The first kappa shape index (κ1) is 19.8. The second-order valence-corrected chi connectivity index (χ2v) is 7.54. The summed E-state index contributed by atoms with van der Waals surface area (Å²) in [6.07, 6.45) is -1.12. The lowest BCUT2D eigenvalue weighted by Crippen LogP contribution is -2.14. The summed E-state index contributed by atoms with van der Waals surface area (Å²) in [4.78, 5) is 33.9. The molecule has 4 aromatic rings. The number of anilines is 1. The molecule has 1 aromatic carbocycles. The van der Waals surface area contributed by atoms with Crippen LogP contribution < -0.4 is 10.7 Å². The molecule has 6 nitrogen and oxygen atoms in total. The van der Waals surface area contributed by atoms with Crippen LogP contribution in [0.2, 0.25) is 0 Å². The Morgan fingerprint density at radius 2 is 2.00 bits per heavy atom. The Kier molecular flexibility index (Phi) is 4.86. The Morgan fingerprint density at radius 1 is 1.20 bits per heavy atom. The topological polar surface area (TPSA) is 85.1 Å². The highest BCUT2D eigenvalue weighted by Crippen LogP contribution is 2.37. The van der Waals surface area contributed by atoms with E-state index in [2.05, 4.69) is 15.3 Å². The van der Waals surface area contributed by atoms with E-state index in [1.807, 2.05) is 6.92 Å².